The molecule has 0 saturated heterocycles. The summed E-state index contributed by atoms with van der Waals surface area (Å²) >= 11 is 1.59. The van der Waals surface area contributed by atoms with Crippen LogP contribution < -0.4 is 5.73 Å². The fourth-order valence-electron chi connectivity index (χ4n) is 1.75. The zero-order valence-electron chi connectivity index (χ0n) is 9.01. The van der Waals surface area contributed by atoms with Crippen molar-refractivity contribution in [1.82, 2.24) is 0 Å². The molecule has 2 N–H and O–H groups in total. The molecule has 1 aliphatic rings. The Morgan fingerprint density at radius 3 is 2.56 bits per heavy atom. The molecule has 0 spiro atoms. The Morgan fingerprint density at radius 2 is 2.00 bits per heavy atom. The monoisotopic (exact) mass is 243 g/mol. The molecule has 1 saturated carbocycles. The van der Waals surface area contributed by atoms with E-state index in [2.05, 4.69) is 0 Å². The van der Waals surface area contributed by atoms with Gasteiger partial charge in [0.15, 0.2) is 11.6 Å². The van der Waals surface area contributed by atoms with Crippen LogP contribution in [0.5, 0.6) is 0 Å². The van der Waals surface area contributed by atoms with Gasteiger partial charge in [0.05, 0.1) is 0 Å². The minimum absolute atomic E-state index is 0.365. The molecule has 88 valence electrons. The van der Waals surface area contributed by atoms with E-state index in [0.717, 1.165) is 17.1 Å². The number of hydrogen-bond donors (Lipinski definition) is 1. The minimum atomic E-state index is -0.785. The smallest absolute Gasteiger partial charge is 0.159 e. The second-order valence-electron chi connectivity index (χ2n) is 4.40. The van der Waals surface area contributed by atoms with Crippen molar-refractivity contribution in [3.63, 3.8) is 0 Å². The van der Waals surface area contributed by atoms with E-state index in [-0.39, 0.29) is 0 Å². The number of thioether (sulfide) groups is 1. The highest BCUT2D eigenvalue weighted by Gasteiger charge is 2.41. The topological polar surface area (TPSA) is 26.0 Å². The quantitative estimate of drug-likeness (QED) is 0.804. The second kappa shape index (κ2) is 4.72. The van der Waals surface area contributed by atoms with E-state index in [1.54, 1.807) is 17.8 Å². The van der Waals surface area contributed by atoms with E-state index in [4.69, 9.17) is 5.73 Å². The van der Waals surface area contributed by atoms with Crippen LogP contribution in [0.15, 0.2) is 23.1 Å². The van der Waals surface area contributed by atoms with Crippen molar-refractivity contribution < 1.29 is 8.78 Å². The average Bonchev–Trinajstić information content (AvgIpc) is 3.01. The third kappa shape index (κ3) is 2.74. The molecule has 0 aliphatic heterocycles. The molecule has 1 nitrogen and oxygen atoms in total. The second-order valence-corrected chi connectivity index (χ2v) is 5.45. The molecule has 1 aromatic rings. The third-order valence-electron chi connectivity index (χ3n) is 3.07. The van der Waals surface area contributed by atoms with E-state index in [1.807, 2.05) is 0 Å². The highest BCUT2D eigenvalue weighted by Crippen LogP contribution is 2.51. The summed E-state index contributed by atoms with van der Waals surface area (Å²) in [6.45, 7) is 0.707. The average molecular weight is 243 g/mol. The first-order chi connectivity index (χ1) is 7.65. The standard InChI is InChI=1S/C12H15F2NS/c13-10-2-1-9(7-11(10)14)16-8-12(3-4-12)5-6-15/h1-2,7H,3-6,8,15H2. The summed E-state index contributed by atoms with van der Waals surface area (Å²) < 4.78 is 25.7. The van der Waals surface area contributed by atoms with Crippen molar-refractivity contribution in [2.24, 2.45) is 11.1 Å². The highest BCUT2D eigenvalue weighted by atomic mass is 32.2. The zero-order chi connectivity index (χ0) is 11.6. The first-order valence-electron chi connectivity index (χ1n) is 5.43. The fourth-order valence-corrected chi connectivity index (χ4v) is 3.01. The van der Waals surface area contributed by atoms with Crippen molar-refractivity contribution in [3.8, 4) is 0 Å². The Hall–Kier alpha value is -0.610. The van der Waals surface area contributed by atoms with E-state index in [1.165, 1.54) is 25.0 Å². The van der Waals surface area contributed by atoms with Crippen molar-refractivity contribution in [2.45, 2.75) is 24.2 Å². The molecule has 0 radical (unpaired) electrons. The van der Waals surface area contributed by atoms with Crippen molar-refractivity contribution in [1.29, 1.82) is 0 Å². The van der Waals surface area contributed by atoms with Gasteiger partial charge in [-0.2, -0.15) is 0 Å². The third-order valence-corrected chi connectivity index (χ3v) is 4.41. The summed E-state index contributed by atoms with van der Waals surface area (Å²) in [5.74, 6) is -0.601. The number of halogens is 2. The maximum absolute atomic E-state index is 13.0. The molecule has 0 amide bonds. The normalized spacial score (nSPS) is 17.4. The maximum atomic E-state index is 13.0. The molecule has 0 unspecified atom stereocenters. The Balaban J connectivity index is 1.92. The SMILES string of the molecule is NCCC1(CSc2ccc(F)c(F)c2)CC1. The molecule has 2 rings (SSSR count). The summed E-state index contributed by atoms with van der Waals surface area (Å²) in [7, 11) is 0. The Bertz CT molecular complexity index is 377. The molecule has 16 heavy (non-hydrogen) atoms. The predicted octanol–water partition coefficient (Wildman–Crippen LogP) is 3.19. The van der Waals surface area contributed by atoms with Crippen molar-refractivity contribution in [3.05, 3.63) is 29.8 Å². The molecule has 1 fully saturated rings. The molecule has 1 aliphatic carbocycles. The molecular weight excluding hydrogens is 228 g/mol. The van der Waals surface area contributed by atoms with Gasteiger partial charge >= 0.3 is 0 Å². The Labute approximate surface area is 98.4 Å². The molecule has 4 heteroatoms. The van der Waals surface area contributed by atoms with E-state index in [0.29, 0.717) is 12.0 Å². The van der Waals surface area contributed by atoms with Gasteiger partial charge in [-0.25, -0.2) is 8.78 Å². The predicted molar refractivity (Wildman–Crippen MR) is 62.4 cm³/mol. The number of rotatable bonds is 5. The molecule has 0 heterocycles. The fraction of sp³-hybridized carbons (Fsp3) is 0.500. The van der Waals surface area contributed by atoms with Gasteiger partial charge in [-0.05, 0) is 49.4 Å². The maximum Gasteiger partial charge on any atom is 0.159 e. The van der Waals surface area contributed by atoms with E-state index >= 15 is 0 Å². The van der Waals surface area contributed by atoms with Crippen LogP contribution in [-0.4, -0.2) is 12.3 Å². The first-order valence-corrected chi connectivity index (χ1v) is 6.42. The number of benzene rings is 1. The van der Waals surface area contributed by atoms with E-state index < -0.39 is 11.6 Å². The van der Waals surface area contributed by atoms with Gasteiger partial charge in [-0.1, -0.05) is 0 Å². The van der Waals surface area contributed by atoms with Crippen LogP contribution in [-0.2, 0) is 0 Å². The Kier molecular flexibility index (Phi) is 3.50. The zero-order valence-corrected chi connectivity index (χ0v) is 9.83. The summed E-state index contributed by atoms with van der Waals surface area (Å²) in [5, 5.41) is 0. The van der Waals surface area contributed by atoms with Crippen molar-refractivity contribution in [2.75, 3.05) is 12.3 Å². The molecule has 0 bridgehead atoms. The van der Waals surface area contributed by atoms with Gasteiger partial charge < -0.3 is 5.73 Å². The molecule has 0 aromatic heterocycles. The van der Waals surface area contributed by atoms with Crippen LogP contribution in [0.3, 0.4) is 0 Å². The lowest BCUT2D eigenvalue weighted by molar-refractivity contribution is 0.505. The van der Waals surface area contributed by atoms with Crippen LogP contribution in [0.4, 0.5) is 8.78 Å². The van der Waals surface area contributed by atoms with Gasteiger partial charge in [-0.3, -0.25) is 0 Å². The van der Waals surface area contributed by atoms with Gasteiger partial charge in [0.2, 0.25) is 0 Å². The van der Waals surface area contributed by atoms with Crippen LogP contribution in [0.2, 0.25) is 0 Å². The van der Waals surface area contributed by atoms with Crippen LogP contribution in [0, 0.1) is 17.0 Å². The molecule has 1 aromatic carbocycles. The summed E-state index contributed by atoms with van der Waals surface area (Å²) in [6.07, 6.45) is 3.45. The van der Waals surface area contributed by atoms with Gasteiger partial charge in [0, 0.05) is 10.6 Å². The van der Waals surface area contributed by atoms with Crippen LogP contribution in [0.1, 0.15) is 19.3 Å². The van der Waals surface area contributed by atoms with Crippen molar-refractivity contribution >= 4 is 11.8 Å². The lowest BCUT2D eigenvalue weighted by Gasteiger charge is -2.12. The number of hydrogen-bond acceptors (Lipinski definition) is 2. The van der Waals surface area contributed by atoms with Gasteiger partial charge in [-0.15, -0.1) is 11.8 Å². The first kappa shape index (κ1) is 11.9. The van der Waals surface area contributed by atoms with Gasteiger partial charge in [0.1, 0.15) is 0 Å². The summed E-state index contributed by atoms with van der Waals surface area (Å²) in [4.78, 5) is 0.794. The molecule has 0 atom stereocenters. The largest absolute Gasteiger partial charge is 0.330 e. The molecular formula is C12H15F2NS. The lowest BCUT2D eigenvalue weighted by Crippen LogP contribution is -2.11. The van der Waals surface area contributed by atoms with E-state index in [9.17, 15) is 8.78 Å². The number of nitrogens with two attached hydrogens (primary N) is 1. The van der Waals surface area contributed by atoms with Crippen LogP contribution >= 0.6 is 11.8 Å². The van der Waals surface area contributed by atoms with Crippen LogP contribution in [0.25, 0.3) is 0 Å². The Morgan fingerprint density at radius 1 is 1.25 bits per heavy atom. The highest BCUT2D eigenvalue weighted by molar-refractivity contribution is 7.99. The lowest BCUT2D eigenvalue weighted by atomic mass is 10.1. The minimum Gasteiger partial charge on any atom is -0.330 e. The summed E-state index contributed by atoms with van der Waals surface area (Å²) in [6, 6.07) is 4.07. The van der Waals surface area contributed by atoms with Gasteiger partial charge in [0.25, 0.3) is 0 Å². The summed E-state index contributed by atoms with van der Waals surface area (Å²) in [5.41, 5.74) is 5.91.